The highest BCUT2D eigenvalue weighted by Gasteiger charge is 2.28. The Hall–Kier alpha value is -2.25. The first-order valence-corrected chi connectivity index (χ1v) is 5.52. The van der Waals surface area contributed by atoms with Gasteiger partial charge in [0.2, 0.25) is 11.8 Å². The van der Waals surface area contributed by atoms with Gasteiger partial charge in [-0.1, -0.05) is 0 Å². The topological polar surface area (TPSA) is 71.4 Å². The summed E-state index contributed by atoms with van der Waals surface area (Å²) in [6, 6.07) is 2.84. The number of carbonyl (C=O) groups excluding carboxylic acids is 3. The first-order chi connectivity index (χ1) is 8.97. The Kier molecular flexibility index (Phi) is 3.59. The van der Waals surface area contributed by atoms with Crippen LogP contribution in [0.25, 0.3) is 0 Å². The summed E-state index contributed by atoms with van der Waals surface area (Å²) >= 11 is 0. The van der Waals surface area contributed by atoms with Gasteiger partial charge in [0.1, 0.15) is 18.8 Å². The van der Waals surface area contributed by atoms with E-state index in [-0.39, 0.29) is 18.8 Å². The number of alkyl halides is 2. The zero-order valence-corrected chi connectivity index (χ0v) is 9.81. The molecular weight excluding hydrogens is 260 g/mol. The summed E-state index contributed by atoms with van der Waals surface area (Å²) in [4.78, 5) is 35.4. The van der Waals surface area contributed by atoms with Crippen LogP contribution < -0.4 is 5.32 Å². The van der Waals surface area contributed by atoms with Crippen LogP contribution >= 0.6 is 0 Å². The minimum atomic E-state index is -2.59. The Bertz CT molecular complexity index is 511. The fraction of sp³-hybridized carbons (Fsp3) is 0.364. The average molecular weight is 271 g/mol. The van der Waals surface area contributed by atoms with Gasteiger partial charge in [-0.2, -0.15) is 0 Å². The van der Waals surface area contributed by atoms with E-state index < -0.39 is 30.7 Å². The number of amides is 3. The zero-order chi connectivity index (χ0) is 14.0. The summed E-state index contributed by atoms with van der Waals surface area (Å²) < 4.78 is 25.8. The summed E-state index contributed by atoms with van der Waals surface area (Å²) in [7, 11) is 0. The van der Waals surface area contributed by atoms with Gasteiger partial charge in [0.25, 0.3) is 12.3 Å². The smallest absolute Gasteiger partial charge is 0.271 e. The Morgan fingerprint density at radius 1 is 1.32 bits per heavy atom. The molecule has 8 heteroatoms. The highest BCUT2D eigenvalue weighted by atomic mass is 19.3. The molecule has 0 radical (unpaired) electrons. The molecule has 6 nitrogen and oxygen atoms in total. The van der Waals surface area contributed by atoms with Crippen molar-refractivity contribution in [3.63, 3.8) is 0 Å². The van der Waals surface area contributed by atoms with Crippen LogP contribution in [-0.2, 0) is 16.1 Å². The van der Waals surface area contributed by atoms with Gasteiger partial charge >= 0.3 is 0 Å². The van der Waals surface area contributed by atoms with Gasteiger partial charge in [0, 0.05) is 6.20 Å². The predicted octanol–water partition coefficient (Wildman–Crippen LogP) is -0.148. The molecule has 0 bridgehead atoms. The van der Waals surface area contributed by atoms with Crippen LogP contribution in [0.1, 0.15) is 10.5 Å². The van der Waals surface area contributed by atoms with E-state index in [1.807, 2.05) is 0 Å². The monoisotopic (exact) mass is 271 g/mol. The van der Waals surface area contributed by atoms with Crippen molar-refractivity contribution < 1.29 is 23.2 Å². The lowest BCUT2D eigenvalue weighted by Crippen LogP contribution is -2.53. The van der Waals surface area contributed by atoms with Crippen molar-refractivity contribution in [2.75, 3.05) is 13.1 Å². The van der Waals surface area contributed by atoms with Crippen molar-refractivity contribution in [1.82, 2.24) is 14.8 Å². The molecule has 1 saturated heterocycles. The summed E-state index contributed by atoms with van der Waals surface area (Å²) in [5, 5.41) is 2.06. The maximum Gasteiger partial charge on any atom is 0.271 e. The van der Waals surface area contributed by atoms with E-state index >= 15 is 0 Å². The molecule has 0 unspecified atom stereocenters. The lowest BCUT2D eigenvalue weighted by atomic mass is 10.3. The molecular formula is C11H11F2N3O3. The average Bonchev–Trinajstić information content (AvgIpc) is 2.73. The van der Waals surface area contributed by atoms with Crippen molar-refractivity contribution >= 4 is 17.7 Å². The summed E-state index contributed by atoms with van der Waals surface area (Å²) in [6.07, 6.45) is -1.24. The van der Waals surface area contributed by atoms with Gasteiger partial charge in [-0.05, 0) is 12.1 Å². The minimum Gasteiger partial charge on any atom is -0.338 e. The number of aromatic nitrogens is 1. The first kappa shape index (κ1) is 13.2. The zero-order valence-electron chi connectivity index (χ0n) is 9.81. The minimum absolute atomic E-state index is 0.0304. The highest BCUT2D eigenvalue weighted by molar-refractivity contribution is 6.05. The van der Waals surface area contributed by atoms with E-state index in [1.165, 1.54) is 18.3 Å². The summed E-state index contributed by atoms with van der Waals surface area (Å²) in [6.45, 7) is -1.13. The second-order valence-electron chi connectivity index (χ2n) is 4.07. The second kappa shape index (κ2) is 5.17. The lowest BCUT2D eigenvalue weighted by molar-refractivity contribution is -0.135. The molecule has 0 atom stereocenters. The normalized spacial score (nSPS) is 15.8. The highest BCUT2D eigenvalue weighted by Crippen LogP contribution is 2.10. The molecule has 1 fully saturated rings. The van der Waals surface area contributed by atoms with Crippen molar-refractivity contribution in [3.05, 3.63) is 24.0 Å². The number of rotatable bonds is 3. The van der Waals surface area contributed by atoms with E-state index in [1.54, 1.807) is 0 Å². The molecule has 2 heterocycles. The molecule has 1 aromatic heterocycles. The van der Waals surface area contributed by atoms with Crippen LogP contribution in [0.5, 0.6) is 0 Å². The van der Waals surface area contributed by atoms with Crippen molar-refractivity contribution in [3.8, 4) is 0 Å². The number of nitrogens with one attached hydrogen (secondary N) is 1. The maximum atomic E-state index is 12.3. The fourth-order valence-corrected chi connectivity index (χ4v) is 1.86. The molecule has 1 N–H and O–H groups in total. The number of nitrogens with zero attached hydrogens (tertiary/aromatic N) is 2. The first-order valence-electron chi connectivity index (χ1n) is 5.52. The molecule has 1 aliphatic heterocycles. The van der Waals surface area contributed by atoms with Gasteiger partial charge in [-0.25, -0.2) is 8.78 Å². The molecule has 1 aromatic rings. The number of hydrogen-bond acceptors (Lipinski definition) is 3. The molecule has 2 rings (SSSR count). The van der Waals surface area contributed by atoms with Crippen LogP contribution in [0.15, 0.2) is 18.3 Å². The largest absolute Gasteiger partial charge is 0.338 e. The van der Waals surface area contributed by atoms with E-state index in [2.05, 4.69) is 5.32 Å². The van der Waals surface area contributed by atoms with E-state index in [9.17, 15) is 23.2 Å². The third kappa shape index (κ3) is 2.95. The van der Waals surface area contributed by atoms with Crippen LogP contribution in [0.4, 0.5) is 8.78 Å². The number of carbonyl (C=O) groups is 3. The number of hydrogen-bond donors (Lipinski definition) is 1. The molecule has 0 aliphatic carbocycles. The maximum absolute atomic E-state index is 12.3. The van der Waals surface area contributed by atoms with Crippen molar-refractivity contribution in [1.29, 1.82) is 0 Å². The third-order valence-corrected chi connectivity index (χ3v) is 2.62. The standard InChI is InChI=1S/C11H11F2N3O3/c12-8(13)4-15-3-1-2-7(15)11(19)16-5-9(17)14-10(18)6-16/h1-3,8H,4-6H2,(H,14,17,18). The van der Waals surface area contributed by atoms with Crippen LogP contribution in [-0.4, -0.2) is 46.7 Å². The quantitative estimate of drug-likeness (QED) is 0.777. The molecule has 0 saturated carbocycles. The Labute approximate surface area is 107 Å². The fourth-order valence-electron chi connectivity index (χ4n) is 1.86. The Morgan fingerprint density at radius 2 is 1.95 bits per heavy atom. The van der Waals surface area contributed by atoms with E-state index in [4.69, 9.17) is 0 Å². The van der Waals surface area contributed by atoms with Crippen molar-refractivity contribution in [2.45, 2.75) is 13.0 Å². The Balaban J connectivity index is 2.17. The number of halogens is 2. The molecule has 0 spiro atoms. The Morgan fingerprint density at radius 3 is 2.53 bits per heavy atom. The van der Waals surface area contributed by atoms with Crippen molar-refractivity contribution in [2.24, 2.45) is 0 Å². The molecule has 3 amide bonds. The van der Waals surface area contributed by atoms with Crippen LogP contribution in [0.2, 0.25) is 0 Å². The molecule has 0 aromatic carbocycles. The van der Waals surface area contributed by atoms with Gasteiger partial charge in [-0.15, -0.1) is 0 Å². The van der Waals surface area contributed by atoms with Gasteiger partial charge < -0.3 is 9.47 Å². The molecule has 102 valence electrons. The molecule has 19 heavy (non-hydrogen) atoms. The lowest BCUT2D eigenvalue weighted by Gasteiger charge is -2.25. The summed E-state index contributed by atoms with van der Waals surface area (Å²) in [5.74, 6) is -1.79. The van der Waals surface area contributed by atoms with Gasteiger partial charge in [0.15, 0.2) is 0 Å². The molecule has 1 aliphatic rings. The van der Waals surface area contributed by atoms with E-state index in [0.717, 1.165) is 9.47 Å². The predicted molar refractivity (Wildman–Crippen MR) is 59.5 cm³/mol. The second-order valence-corrected chi connectivity index (χ2v) is 4.07. The summed E-state index contributed by atoms with van der Waals surface area (Å²) in [5.41, 5.74) is 0.0304. The van der Waals surface area contributed by atoms with E-state index in [0.29, 0.717) is 0 Å². The number of imide groups is 1. The van der Waals surface area contributed by atoms with Crippen LogP contribution in [0.3, 0.4) is 0 Å². The van der Waals surface area contributed by atoms with Gasteiger partial charge in [-0.3, -0.25) is 19.7 Å². The van der Waals surface area contributed by atoms with Gasteiger partial charge in [0.05, 0.1) is 6.54 Å². The third-order valence-electron chi connectivity index (χ3n) is 2.62. The SMILES string of the molecule is O=C1CN(C(=O)c2cccn2CC(F)F)CC(=O)N1. The number of piperazine rings is 1. The van der Waals surface area contributed by atoms with Crippen LogP contribution in [0, 0.1) is 0 Å².